The zero-order valence-electron chi connectivity index (χ0n) is 32.4. The summed E-state index contributed by atoms with van der Waals surface area (Å²) in [6.07, 6.45) is 14.0. The minimum absolute atomic E-state index is 0.0250. The van der Waals surface area contributed by atoms with Gasteiger partial charge < -0.3 is 13.9 Å². The molecule has 0 radical (unpaired) electrons. The molecule has 5 heteroatoms. The molecule has 0 aromatic carbocycles. The molecular weight excluding hydrogens is 597 g/mol. The topological polar surface area (TPSA) is 44.8 Å². The van der Waals surface area contributed by atoms with Gasteiger partial charge in [-0.3, -0.25) is 4.79 Å². The minimum atomic E-state index is -1.95. The van der Waals surface area contributed by atoms with Gasteiger partial charge in [-0.1, -0.05) is 82.6 Å². The van der Waals surface area contributed by atoms with Gasteiger partial charge in [0.25, 0.3) is 0 Å². The average molecular weight is 669 g/mol. The van der Waals surface area contributed by atoms with E-state index in [1.54, 1.807) is 0 Å². The van der Waals surface area contributed by atoms with Crippen LogP contribution < -0.4 is 0 Å². The molecule has 4 nitrogen and oxygen atoms in total. The molecule has 2 spiro atoms. The number of rotatable bonds is 9. The standard InChI is InChI=1S/C42H72O4Si/c1-12-47(13-2,14-3)46-36-35-33(27(6)24-30(44-35)34(26(4)5)45-37(43)29-16-15-17-29)39(10)22-23-42-25-41(42)21-20-28(7)38(8,9)31(41)18-19-32(42)40(36,39)11/h26-36H,12-25H2,1-11H3/t27-,28+,30-,31+,32+,33+,34?,35+,36+,39-,40-,41-,42+/m1/s1. The Kier molecular flexibility index (Phi) is 8.61. The Labute approximate surface area is 290 Å². The van der Waals surface area contributed by atoms with Gasteiger partial charge in [-0.25, -0.2) is 0 Å². The molecule has 0 amide bonds. The van der Waals surface area contributed by atoms with Crippen LogP contribution in [0.3, 0.4) is 0 Å². The quantitative estimate of drug-likeness (QED) is 0.181. The number of hydrogen-bond acceptors (Lipinski definition) is 4. The van der Waals surface area contributed by atoms with E-state index in [2.05, 4.69) is 76.2 Å². The molecule has 1 saturated heterocycles. The Hall–Kier alpha value is -0.393. The zero-order valence-corrected chi connectivity index (χ0v) is 33.4. The molecule has 1 heterocycles. The number of carbonyl (C=O) groups excluding carboxylic acids is 1. The predicted molar refractivity (Wildman–Crippen MR) is 193 cm³/mol. The molecule has 13 atom stereocenters. The van der Waals surface area contributed by atoms with Crippen LogP contribution in [0.5, 0.6) is 0 Å². The Balaban J connectivity index is 1.28. The van der Waals surface area contributed by atoms with Crippen LogP contribution in [-0.4, -0.2) is 38.7 Å². The Morgan fingerprint density at radius 2 is 1.51 bits per heavy atom. The Bertz CT molecular complexity index is 1200. The van der Waals surface area contributed by atoms with Crippen molar-refractivity contribution < 1.29 is 18.7 Å². The summed E-state index contributed by atoms with van der Waals surface area (Å²) in [6, 6.07) is 3.55. The van der Waals surface area contributed by atoms with Crippen molar-refractivity contribution in [2.75, 3.05) is 0 Å². The van der Waals surface area contributed by atoms with E-state index in [0.717, 1.165) is 37.5 Å². The van der Waals surface area contributed by atoms with Crippen molar-refractivity contribution in [3.05, 3.63) is 0 Å². The first-order valence-corrected chi connectivity index (χ1v) is 23.2. The minimum Gasteiger partial charge on any atom is -0.459 e. The monoisotopic (exact) mass is 669 g/mol. The summed E-state index contributed by atoms with van der Waals surface area (Å²) in [5.41, 5.74) is 1.78. The summed E-state index contributed by atoms with van der Waals surface area (Å²) in [7, 11) is -1.95. The summed E-state index contributed by atoms with van der Waals surface area (Å²) in [5.74, 6) is 3.79. The molecule has 1 aliphatic heterocycles. The third kappa shape index (κ3) is 4.58. The molecule has 7 rings (SSSR count). The van der Waals surface area contributed by atoms with Gasteiger partial charge in [0.05, 0.1) is 24.2 Å². The van der Waals surface area contributed by atoms with Gasteiger partial charge in [0, 0.05) is 5.41 Å². The second-order valence-electron chi connectivity index (χ2n) is 20.1. The smallest absolute Gasteiger partial charge is 0.309 e. The fraction of sp³-hybridized carbons (Fsp3) is 0.976. The third-order valence-corrected chi connectivity index (χ3v) is 23.0. The highest BCUT2D eigenvalue weighted by Gasteiger charge is 2.84. The Morgan fingerprint density at radius 1 is 0.872 bits per heavy atom. The van der Waals surface area contributed by atoms with E-state index >= 15 is 0 Å². The summed E-state index contributed by atoms with van der Waals surface area (Å²) >= 11 is 0. The maximum atomic E-state index is 13.2. The van der Waals surface area contributed by atoms with Gasteiger partial charge in [-0.15, -0.1) is 0 Å². The fourth-order valence-electron chi connectivity index (χ4n) is 14.7. The summed E-state index contributed by atoms with van der Waals surface area (Å²) in [5, 5.41) is 0. The molecule has 6 saturated carbocycles. The van der Waals surface area contributed by atoms with E-state index in [1.807, 2.05) is 0 Å². The van der Waals surface area contributed by atoms with Crippen molar-refractivity contribution >= 4 is 14.3 Å². The largest absolute Gasteiger partial charge is 0.459 e. The second-order valence-corrected chi connectivity index (χ2v) is 24.8. The van der Waals surface area contributed by atoms with Crippen molar-refractivity contribution in [3.63, 3.8) is 0 Å². The van der Waals surface area contributed by atoms with E-state index in [-0.39, 0.29) is 53.1 Å². The van der Waals surface area contributed by atoms with Gasteiger partial charge >= 0.3 is 5.97 Å². The van der Waals surface area contributed by atoms with E-state index in [0.29, 0.717) is 34.0 Å². The third-order valence-electron chi connectivity index (χ3n) is 18.4. The van der Waals surface area contributed by atoms with Gasteiger partial charge in [0.2, 0.25) is 0 Å². The first-order valence-electron chi connectivity index (χ1n) is 20.6. The van der Waals surface area contributed by atoms with Crippen molar-refractivity contribution in [2.24, 2.45) is 68.5 Å². The van der Waals surface area contributed by atoms with Crippen LogP contribution in [0.4, 0.5) is 0 Å². The maximum absolute atomic E-state index is 13.2. The predicted octanol–water partition coefficient (Wildman–Crippen LogP) is 10.8. The normalized spacial score (nSPS) is 49.1. The molecule has 0 N–H and O–H groups in total. The molecule has 6 aliphatic carbocycles. The summed E-state index contributed by atoms with van der Waals surface area (Å²) in [6.45, 7) is 27.5. The fourth-order valence-corrected chi connectivity index (χ4v) is 17.6. The molecule has 7 aliphatic rings. The zero-order chi connectivity index (χ0) is 33.9. The van der Waals surface area contributed by atoms with E-state index < -0.39 is 8.32 Å². The van der Waals surface area contributed by atoms with Gasteiger partial charge in [0.1, 0.15) is 6.10 Å². The first-order chi connectivity index (χ1) is 22.1. The Morgan fingerprint density at radius 3 is 2.11 bits per heavy atom. The van der Waals surface area contributed by atoms with Crippen LogP contribution in [0.15, 0.2) is 0 Å². The number of carbonyl (C=O) groups is 1. The SMILES string of the molecule is CC[Si](CC)(CC)O[C@H]1[C@H]2O[C@@H](C(OC(=O)C3CCC3)C(C)C)C[C@@H](C)[C@@H]2[C@@]2(C)CC[C@@]34C[C@@]35CC[C@H](C)C(C)(C)[C@@H]5CC[C@H]4[C@]12C. The lowest BCUT2D eigenvalue weighted by molar-refractivity contribution is -0.198. The van der Waals surface area contributed by atoms with Crippen molar-refractivity contribution in [1.82, 2.24) is 0 Å². The van der Waals surface area contributed by atoms with Gasteiger partial charge in [0.15, 0.2) is 8.32 Å². The van der Waals surface area contributed by atoms with E-state index in [4.69, 9.17) is 13.9 Å². The molecule has 0 bridgehead atoms. The first kappa shape index (κ1) is 35.0. The van der Waals surface area contributed by atoms with Crippen LogP contribution in [0.2, 0.25) is 18.1 Å². The molecule has 268 valence electrons. The second kappa shape index (κ2) is 11.6. The summed E-state index contributed by atoms with van der Waals surface area (Å²) in [4.78, 5) is 13.2. The van der Waals surface area contributed by atoms with Crippen molar-refractivity contribution in [3.8, 4) is 0 Å². The van der Waals surface area contributed by atoms with Crippen LogP contribution in [0.1, 0.15) is 147 Å². The molecule has 0 aromatic rings. The average Bonchev–Trinajstić information content (AvgIpc) is 3.63. The van der Waals surface area contributed by atoms with Crippen LogP contribution in [0, 0.1) is 68.5 Å². The molecule has 0 aromatic heterocycles. The highest BCUT2D eigenvalue weighted by molar-refractivity contribution is 6.73. The lowest BCUT2D eigenvalue weighted by atomic mass is 9.41. The molecule has 47 heavy (non-hydrogen) atoms. The number of ether oxygens (including phenoxy) is 2. The van der Waals surface area contributed by atoms with Gasteiger partial charge in [-0.05, 0) is 140 Å². The van der Waals surface area contributed by atoms with Crippen LogP contribution >= 0.6 is 0 Å². The van der Waals surface area contributed by atoms with E-state index in [1.165, 1.54) is 63.1 Å². The number of esters is 1. The van der Waals surface area contributed by atoms with Gasteiger partial charge in [-0.2, -0.15) is 0 Å². The molecule has 1 unspecified atom stereocenters. The molecule has 7 fully saturated rings. The van der Waals surface area contributed by atoms with E-state index in [9.17, 15) is 4.79 Å². The lowest BCUT2D eigenvalue weighted by Crippen LogP contribution is -2.60. The van der Waals surface area contributed by atoms with Crippen molar-refractivity contribution in [2.45, 2.75) is 189 Å². The van der Waals surface area contributed by atoms with Crippen molar-refractivity contribution in [1.29, 1.82) is 0 Å². The molecular formula is C42H72O4Si. The summed E-state index contributed by atoms with van der Waals surface area (Å²) < 4.78 is 21.9. The van der Waals surface area contributed by atoms with Crippen LogP contribution in [0.25, 0.3) is 0 Å². The highest BCUT2D eigenvalue weighted by atomic mass is 28.4. The number of fused-ring (bicyclic) bond motifs is 4. The number of hydrogen-bond donors (Lipinski definition) is 0. The van der Waals surface area contributed by atoms with Crippen LogP contribution in [-0.2, 0) is 18.7 Å². The lowest BCUT2D eigenvalue weighted by Gasteiger charge is -2.64. The highest BCUT2D eigenvalue weighted by Crippen LogP contribution is 2.89. The maximum Gasteiger partial charge on any atom is 0.309 e.